The zero-order valence-corrected chi connectivity index (χ0v) is 14.5. The smallest absolute Gasteiger partial charge is 0.200 e. The third-order valence-electron chi connectivity index (χ3n) is 4.02. The summed E-state index contributed by atoms with van der Waals surface area (Å²) in [5, 5.41) is 14.5. The van der Waals surface area contributed by atoms with Crippen molar-refractivity contribution in [2.45, 2.75) is 6.92 Å². The number of carbonyl (C=O) groups is 1. The predicted molar refractivity (Wildman–Crippen MR) is 90.7 cm³/mol. The molecule has 10 heteroatoms. The number of anilines is 1. The van der Waals surface area contributed by atoms with Gasteiger partial charge in [-0.1, -0.05) is 18.2 Å². The minimum Gasteiger partial charge on any atom is -0.545 e. The van der Waals surface area contributed by atoms with Crippen molar-refractivity contribution in [3.63, 3.8) is 0 Å². The van der Waals surface area contributed by atoms with Gasteiger partial charge in [0.15, 0.2) is 23.3 Å². The zero-order chi connectivity index (χ0) is 21.3. The maximum Gasteiger partial charge on any atom is 0.200 e. The van der Waals surface area contributed by atoms with Crippen molar-refractivity contribution in [1.82, 2.24) is 0 Å². The van der Waals surface area contributed by atoms with Crippen LogP contribution in [-0.4, -0.2) is 12.2 Å². The molecule has 0 unspecified atom stereocenters. The monoisotopic (exact) mass is 409 g/mol. The van der Waals surface area contributed by atoms with Gasteiger partial charge >= 0.3 is 0 Å². The van der Waals surface area contributed by atoms with Crippen molar-refractivity contribution in [2.75, 3.05) is 5.43 Å². The fraction of sp³-hybridized carbons (Fsp3) is 0.0526. The lowest BCUT2D eigenvalue weighted by Gasteiger charge is -2.10. The Hall–Kier alpha value is -3.69. The van der Waals surface area contributed by atoms with Crippen LogP contribution in [0.2, 0.25) is 0 Å². The van der Waals surface area contributed by atoms with E-state index in [1.54, 1.807) is 18.4 Å². The van der Waals surface area contributed by atoms with Crippen LogP contribution in [-0.2, 0) is 0 Å². The molecule has 0 amide bonds. The molecule has 0 saturated heterocycles. The van der Waals surface area contributed by atoms with Crippen molar-refractivity contribution >= 4 is 17.9 Å². The Labute approximate surface area is 160 Å². The fourth-order valence-corrected chi connectivity index (χ4v) is 2.55. The second-order valence-corrected chi connectivity index (χ2v) is 5.78. The highest BCUT2D eigenvalue weighted by molar-refractivity contribution is 5.90. The molecule has 0 radical (unpaired) electrons. The molecule has 150 valence electrons. The van der Waals surface area contributed by atoms with E-state index >= 15 is 0 Å². The van der Waals surface area contributed by atoms with Gasteiger partial charge in [0.1, 0.15) is 17.2 Å². The van der Waals surface area contributed by atoms with Crippen LogP contribution in [0.1, 0.15) is 21.7 Å². The molecule has 3 aromatic rings. The van der Waals surface area contributed by atoms with E-state index in [1.807, 2.05) is 0 Å². The van der Waals surface area contributed by atoms with E-state index in [2.05, 4.69) is 5.10 Å². The number of hydrogen-bond donors (Lipinski definition) is 1. The van der Waals surface area contributed by atoms with Gasteiger partial charge < -0.3 is 14.3 Å². The molecule has 0 fully saturated rings. The first-order valence-corrected chi connectivity index (χ1v) is 7.94. The minimum absolute atomic E-state index is 0.0258. The maximum atomic E-state index is 13.6. The highest BCUT2D eigenvalue weighted by atomic mass is 19.2. The number of rotatable bonds is 5. The van der Waals surface area contributed by atoms with Gasteiger partial charge in [-0.05, 0) is 24.6 Å². The van der Waals surface area contributed by atoms with E-state index in [9.17, 15) is 31.9 Å². The SMILES string of the molecule is Cc1c(C(=O)[O-])cccc1-c1ccc(/C=N/Nc2c(F)c(F)c(F)c(F)c2F)o1. The highest BCUT2D eigenvalue weighted by Gasteiger charge is 2.25. The van der Waals surface area contributed by atoms with Crippen LogP contribution in [0.15, 0.2) is 39.9 Å². The van der Waals surface area contributed by atoms with E-state index in [1.165, 1.54) is 24.3 Å². The summed E-state index contributed by atoms with van der Waals surface area (Å²) in [6, 6.07) is 7.36. The van der Waals surface area contributed by atoms with Crippen LogP contribution in [0.5, 0.6) is 0 Å². The lowest BCUT2D eigenvalue weighted by molar-refractivity contribution is -0.255. The predicted octanol–water partition coefficient (Wildman–Crippen LogP) is 3.76. The van der Waals surface area contributed by atoms with Gasteiger partial charge in [0.2, 0.25) is 5.82 Å². The van der Waals surface area contributed by atoms with Crippen molar-refractivity contribution in [2.24, 2.45) is 5.10 Å². The van der Waals surface area contributed by atoms with Crippen LogP contribution in [0, 0.1) is 36.0 Å². The van der Waals surface area contributed by atoms with Crippen LogP contribution < -0.4 is 10.5 Å². The van der Waals surface area contributed by atoms with E-state index in [0.717, 1.165) is 6.21 Å². The number of carbonyl (C=O) groups excluding carboxylic acids is 1. The lowest BCUT2D eigenvalue weighted by atomic mass is 10.0. The fourth-order valence-electron chi connectivity index (χ4n) is 2.55. The topological polar surface area (TPSA) is 77.7 Å². The molecule has 1 aromatic heterocycles. The van der Waals surface area contributed by atoms with Gasteiger partial charge in [0.05, 0.1) is 12.2 Å². The number of benzene rings is 2. The Balaban J connectivity index is 1.85. The molecule has 5 nitrogen and oxygen atoms in total. The number of halogens is 5. The molecule has 0 bridgehead atoms. The molecule has 1 N–H and O–H groups in total. The summed E-state index contributed by atoms with van der Waals surface area (Å²) in [5.41, 5.74) is 1.26. The lowest BCUT2D eigenvalue weighted by Crippen LogP contribution is -2.23. The molecule has 2 aromatic carbocycles. The second-order valence-electron chi connectivity index (χ2n) is 5.78. The van der Waals surface area contributed by atoms with Crippen LogP contribution >= 0.6 is 0 Å². The highest BCUT2D eigenvalue weighted by Crippen LogP contribution is 2.28. The summed E-state index contributed by atoms with van der Waals surface area (Å²) in [7, 11) is 0. The van der Waals surface area contributed by atoms with Crippen molar-refractivity contribution in [3.8, 4) is 11.3 Å². The van der Waals surface area contributed by atoms with E-state index in [4.69, 9.17) is 4.42 Å². The average molecular weight is 409 g/mol. The molecule has 0 aliphatic carbocycles. The summed E-state index contributed by atoms with van der Waals surface area (Å²) < 4.78 is 71.9. The standard InChI is InChI=1S/C19H11F5N2O3/c1-8-10(3-2-4-11(8)19(27)28)12-6-5-9(29-12)7-25-26-18-16(23)14(21)13(20)15(22)17(18)24/h2-7,26H,1H3,(H,27,28)/p-1/b25-7+. The number of hydrazone groups is 1. The number of carboxylic acid groups (broad SMARTS) is 1. The number of nitrogens with zero attached hydrogens (tertiary/aromatic N) is 1. The Kier molecular flexibility index (Phi) is 5.35. The Morgan fingerprint density at radius 3 is 2.24 bits per heavy atom. The van der Waals surface area contributed by atoms with Crippen LogP contribution in [0.3, 0.4) is 0 Å². The molecule has 0 spiro atoms. The number of aromatic carboxylic acids is 1. The normalized spacial score (nSPS) is 11.2. The number of hydrogen-bond acceptors (Lipinski definition) is 5. The first kappa shape index (κ1) is 20.1. The molecule has 3 rings (SSSR count). The molecule has 0 atom stereocenters. The van der Waals surface area contributed by atoms with E-state index in [0.29, 0.717) is 11.1 Å². The number of furan rings is 1. The Morgan fingerprint density at radius 1 is 1.00 bits per heavy atom. The van der Waals surface area contributed by atoms with Gasteiger partial charge in [0, 0.05) is 11.1 Å². The molecule has 0 aliphatic rings. The van der Waals surface area contributed by atoms with Gasteiger partial charge in [-0.2, -0.15) is 5.10 Å². The largest absolute Gasteiger partial charge is 0.545 e. The Bertz CT molecular complexity index is 1110. The molecular weight excluding hydrogens is 399 g/mol. The van der Waals surface area contributed by atoms with Crippen LogP contribution in [0.25, 0.3) is 11.3 Å². The molecular formula is C19H10F5N2O3-. The zero-order valence-electron chi connectivity index (χ0n) is 14.5. The van der Waals surface area contributed by atoms with Gasteiger partial charge in [0.25, 0.3) is 0 Å². The first-order chi connectivity index (χ1) is 13.7. The summed E-state index contributed by atoms with van der Waals surface area (Å²) in [6.07, 6.45) is 0.944. The van der Waals surface area contributed by atoms with E-state index < -0.39 is 40.7 Å². The number of nitrogens with one attached hydrogen (secondary N) is 1. The summed E-state index contributed by atoms with van der Waals surface area (Å²) >= 11 is 0. The third-order valence-corrected chi connectivity index (χ3v) is 4.02. The Morgan fingerprint density at radius 2 is 1.62 bits per heavy atom. The summed E-state index contributed by atoms with van der Waals surface area (Å²) in [6.45, 7) is 1.56. The summed E-state index contributed by atoms with van der Waals surface area (Å²) in [4.78, 5) is 11.1. The quantitative estimate of drug-likeness (QED) is 0.229. The molecule has 29 heavy (non-hydrogen) atoms. The summed E-state index contributed by atoms with van der Waals surface area (Å²) in [5.74, 6) is -11.6. The molecule has 0 saturated carbocycles. The van der Waals surface area contributed by atoms with Crippen molar-refractivity contribution in [3.05, 3.63) is 76.3 Å². The van der Waals surface area contributed by atoms with Crippen LogP contribution in [0.4, 0.5) is 27.6 Å². The maximum absolute atomic E-state index is 13.6. The van der Waals surface area contributed by atoms with E-state index in [-0.39, 0.29) is 17.1 Å². The third kappa shape index (κ3) is 3.68. The number of carboxylic acids is 1. The second kappa shape index (κ2) is 7.74. The van der Waals surface area contributed by atoms with Gasteiger partial charge in [-0.25, -0.2) is 22.0 Å². The van der Waals surface area contributed by atoms with Gasteiger partial charge in [-0.3, -0.25) is 5.43 Å². The molecule has 0 aliphatic heterocycles. The first-order valence-electron chi connectivity index (χ1n) is 7.94. The average Bonchev–Trinajstić information content (AvgIpc) is 3.16. The van der Waals surface area contributed by atoms with Gasteiger partial charge in [-0.15, -0.1) is 0 Å². The molecule has 1 heterocycles. The van der Waals surface area contributed by atoms with Crippen molar-refractivity contribution < 1.29 is 36.3 Å². The van der Waals surface area contributed by atoms with Crippen molar-refractivity contribution in [1.29, 1.82) is 0 Å². The minimum atomic E-state index is -2.28.